The summed E-state index contributed by atoms with van der Waals surface area (Å²) in [5.74, 6) is -0.0432. The third-order valence-corrected chi connectivity index (χ3v) is 3.38. The van der Waals surface area contributed by atoms with Crippen LogP contribution in [0.15, 0.2) is 30.5 Å². The highest BCUT2D eigenvalue weighted by Crippen LogP contribution is 2.19. The number of para-hydroxylation sites is 1. The number of aromatic amines is 1. The molecule has 0 fully saturated rings. The molecule has 1 heterocycles. The SMILES string of the molecule is O=C(CCc1c[nH]c2ccccc12)N(CCO)CCO. The molecule has 5 nitrogen and oxygen atoms in total. The minimum atomic E-state index is -0.0845. The number of fused-ring (bicyclic) bond motifs is 1. The van der Waals surface area contributed by atoms with Gasteiger partial charge in [-0.2, -0.15) is 0 Å². The summed E-state index contributed by atoms with van der Waals surface area (Å²) in [6, 6.07) is 7.98. The molecule has 0 aliphatic carbocycles. The van der Waals surface area contributed by atoms with Gasteiger partial charge in [-0.25, -0.2) is 0 Å². The van der Waals surface area contributed by atoms with Gasteiger partial charge in [0.25, 0.3) is 0 Å². The maximum Gasteiger partial charge on any atom is 0.223 e. The molecule has 0 unspecified atom stereocenters. The fraction of sp³-hybridized carbons (Fsp3) is 0.400. The third kappa shape index (κ3) is 3.37. The van der Waals surface area contributed by atoms with E-state index in [0.29, 0.717) is 12.8 Å². The Morgan fingerprint density at radius 3 is 2.55 bits per heavy atom. The number of hydrogen-bond acceptors (Lipinski definition) is 3. The number of carbonyl (C=O) groups is 1. The normalized spacial score (nSPS) is 10.9. The van der Waals surface area contributed by atoms with Gasteiger partial charge in [0.15, 0.2) is 0 Å². The van der Waals surface area contributed by atoms with Crippen LogP contribution < -0.4 is 0 Å². The standard InChI is InChI=1S/C15H20N2O3/c18-9-7-17(8-10-19)15(20)6-5-12-11-16-14-4-2-1-3-13(12)14/h1-4,11,16,18-19H,5-10H2. The van der Waals surface area contributed by atoms with Crippen LogP contribution in [0.4, 0.5) is 0 Å². The number of rotatable bonds is 7. The van der Waals surface area contributed by atoms with E-state index in [1.54, 1.807) is 0 Å². The Kier molecular flexibility index (Phi) is 5.15. The number of carbonyl (C=O) groups excluding carboxylic acids is 1. The largest absolute Gasteiger partial charge is 0.395 e. The first kappa shape index (κ1) is 14.6. The van der Waals surface area contributed by atoms with Gasteiger partial charge in [0.05, 0.1) is 13.2 Å². The lowest BCUT2D eigenvalue weighted by atomic mass is 10.1. The first-order chi connectivity index (χ1) is 9.76. The van der Waals surface area contributed by atoms with Crippen molar-refractivity contribution < 1.29 is 15.0 Å². The Morgan fingerprint density at radius 2 is 1.85 bits per heavy atom. The van der Waals surface area contributed by atoms with Crippen molar-refractivity contribution in [3.05, 3.63) is 36.0 Å². The monoisotopic (exact) mass is 276 g/mol. The first-order valence-electron chi connectivity index (χ1n) is 6.80. The molecule has 20 heavy (non-hydrogen) atoms. The van der Waals surface area contributed by atoms with Crippen molar-refractivity contribution in [2.75, 3.05) is 26.3 Å². The van der Waals surface area contributed by atoms with Crippen LogP contribution in [0.3, 0.4) is 0 Å². The van der Waals surface area contributed by atoms with Gasteiger partial charge in [0.2, 0.25) is 5.91 Å². The van der Waals surface area contributed by atoms with E-state index in [1.807, 2.05) is 30.5 Å². The van der Waals surface area contributed by atoms with E-state index in [2.05, 4.69) is 4.98 Å². The van der Waals surface area contributed by atoms with E-state index in [-0.39, 0.29) is 32.2 Å². The Labute approximate surface area is 117 Å². The number of nitrogens with zero attached hydrogens (tertiary/aromatic N) is 1. The fourth-order valence-corrected chi connectivity index (χ4v) is 2.34. The molecular weight excluding hydrogens is 256 g/mol. The predicted octanol–water partition coefficient (Wildman–Crippen LogP) is 0.914. The van der Waals surface area contributed by atoms with E-state index in [9.17, 15) is 4.79 Å². The highest BCUT2D eigenvalue weighted by atomic mass is 16.3. The van der Waals surface area contributed by atoms with E-state index in [1.165, 1.54) is 4.90 Å². The molecule has 2 rings (SSSR count). The smallest absolute Gasteiger partial charge is 0.223 e. The van der Waals surface area contributed by atoms with Crippen molar-refractivity contribution in [3.8, 4) is 0 Å². The van der Waals surface area contributed by atoms with Gasteiger partial charge in [0.1, 0.15) is 0 Å². The molecule has 1 amide bonds. The zero-order chi connectivity index (χ0) is 14.4. The minimum absolute atomic E-state index is 0.0432. The number of aryl methyl sites for hydroxylation is 1. The molecule has 0 atom stereocenters. The highest BCUT2D eigenvalue weighted by Gasteiger charge is 2.13. The first-order valence-corrected chi connectivity index (χ1v) is 6.80. The van der Waals surface area contributed by atoms with E-state index in [4.69, 9.17) is 10.2 Å². The van der Waals surface area contributed by atoms with Crippen molar-refractivity contribution >= 4 is 16.8 Å². The number of H-pyrrole nitrogens is 1. The molecule has 0 saturated heterocycles. The third-order valence-electron chi connectivity index (χ3n) is 3.38. The fourth-order valence-electron chi connectivity index (χ4n) is 2.34. The maximum absolute atomic E-state index is 12.0. The Morgan fingerprint density at radius 1 is 1.15 bits per heavy atom. The average molecular weight is 276 g/mol. The van der Waals surface area contributed by atoms with Gasteiger partial charge in [-0.15, -0.1) is 0 Å². The molecule has 0 aliphatic heterocycles. The number of nitrogens with one attached hydrogen (secondary N) is 1. The quantitative estimate of drug-likeness (QED) is 0.703. The van der Waals surface area contributed by atoms with E-state index < -0.39 is 0 Å². The summed E-state index contributed by atoms with van der Waals surface area (Å²) >= 11 is 0. The summed E-state index contributed by atoms with van der Waals surface area (Å²) in [4.78, 5) is 16.7. The van der Waals surface area contributed by atoms with Crippen LogP contribution in [-0.2, 0) is 11.2 Å². The van der Waals surface area contributed by atoms with Crippen LogP contribution >= 0.6 is 0 Å². The Balaban J connectivity index is 1.98. The van der Waals surface area contributed by atoms with Crippen LogP contribution in [-0.4, -0.2) is 52.3 Å². The lowest BCUT2D eigenvalue weighted by Gasteiger charge is -2.20. The van der Waals surface area contributed by atoms with Crippen molar-refractivity contribution in [1.82, 2.24) is 9.88 Å². The van der Waals surface area contributed by atoms with Crippen LogP contribution in [0.1, 0.15) is 12.0 Å². The summed E-state index contributed by atoms with van der Waals surface area (Å²) in [5, 5.41) is 19.0. The van der Waals surface area contributed by atoms with Gasteiger partial charge in [0, 0.05) is 36.6 Å². The van der Waals surface area contributed by atoms with Crippen molar-refractivity contribution in [2.24, 2.45) is 0 Å². The van der Waals surface area contributed by atoms with Crippen LogP contribution in [0.5, 0.6) is 0 Å². The van der Waals surface area contributed by atoms with Gasteiger partial charge in [-0.1, -0.05) is 18.2 Å². The molecule has 0 aliphatic rings. The van der Waals surface area contributed by atoms with Gasteiger partial charge in [-0.3, -0.25) is 4.79 Å². The summed E-state index contributed by atoms with van der Waals surface area (Å²) in [5.41, 5.74) is 2.18. The number of aliphatic hydroxyl groups excluding tert-OH is 2. The maximum atomic E-state index is 12.0. The molecule has 1 aromatic heterocycles. The zero-order valence-corrected chi connectivity index (χ0v) is 11.4. The zero-order valence-electron chi connectivity index (χ0n) is 11.4. The molecule has 0 bridgehead atoms. The molecule has 0 spiro atoms. The number of amides is 1. The summed E-state index contributed by atoms with van der Waals surface area (Å²) in [7, 11) is 0. The van der Waals surface area contributed by atoms with Gasteiger partial charge in [-0.05, 0) is 18.1 Å². The number of aliphatic hydroxyl groups is 2. The van der Waals surface area contributed by atoms with Crippen LogP contribution in [0, 0.1) is 0 Å². The van der Waals surface area contributed by atoms with Crippen molar-refractivity contribution in [2.45, 2.75) is 12.8 Å². The summed E-state index contributed by atoms with van der Waals surface area (Å²) in [6.45, 7) is 0.373. The molecule has 2 aromatic rings. The molecule has 5 heteroatoms. The molecule has 108 valence electrons. The molecule has 3 N–H and O–H groups in total. The second kappa shape index (κ2) is 7.07. The second-order valence-electron chi connectivity index (χ2n) is 4.69. The molecule has 1 aromatic carbocycles. The number of aromatic nitrogens is 1. The van der Waals surface area contributed by atoms with Crippen LogP contribution in [0.2, 0.25) is 0 Å². The van der Waals surface area contributed by atoms with Gasteiger partial charge >= 0.3 is 0 Å². The highest BCUT2D eigenvalue weighted by molar-refractivity contribution is 5.84. The minimum Gasteiger partial charge on any atom is -0.395 e. The van der Waals surface area contributed by atoms with Crippen molar-refractivity contribution in [1.29, 1.82) is 0 Å². The van der Waals surface area contributed by atoms with Crippen molar-refractivity contribution in [3.63, 3.8) is 0 Å². The van der Waals surface area contributed by atoms with Gasteiger partial charge < -0.3 is 20.1 Å². The lowest BCUT2D eigenvalue weighted by Crippen LogP contribution is -2.35. The number of benzene rings is 1. The summed E-state index contributed by atoms with van der Waals surface area (Å²) < 4.78 is 0. The van der Waals surface area contributed by atoms with Crippen LogP contribution in [0.25, 0.3) is 10.9 Å². The van der Waals surface area contributed by atoms with E-state index >= 15 is 0 Å². The second-order valence-corrected chi connectivity index (χ2v) is 4.69. The Bertz CT molecular complexity index is 559. The number of hydrogen-bond donors (Lipinski definition) is 3. The summed E-state index contributed by atoms with van der Waals surface area (Å²) in [6.07, 6.45) is 2.96. The lowest BCUT2D eigenvalue weighted by molar-refractivity contribution is -0.132. The predicted molar refractivity (Wildman–Crippen MR) is 77.4 cm³/mol. The molecule has 0 radical (unpaired) electrons. The molecular formula is C15H20N2O3. The van der Waals surface area contributed by atoms with E-state index in [0.717, 1.165) is 16.5 Å². The Hall–Kier alpha value is -1.85. The topological polar surface area (TPSA) is 76.6 Å². The average Bonchev–Trinajstić information content (AvgIpc) is 2.88. The molecule has 0 saturated carbocycles.